The number of aromatic nitrogens is 2. The molecule has 78 valence electrons. The van der Waals surface area contributed by atoms with Crippen LogP contribution < -0.4 is 5.32 Å². The van der Waals surface area contributed by atoms with Gasteiger partial charge in [-0.15, -0.1) is 0 Å². The van der Waals surface area contributed by atoms with Crippen molar-refractivity contribution in [1.29, 1.82) is 0 Å². The Balaban J connectivity index is 1.94. The van der Waals surface area contributed by atoms with E-state index in [1.807, 2.05) is 7.05 Å². The maximum atomic E-state index is 4.40. The fraction of sp³-hybridized carbons (Fsp3) is 0.727. The summed E-state index contributed by atoms with van der Waals surface area (Å²) in [6.45, 7) is 1.02. The minimum atomic E-state index is 0.731. The molecule has 1 aromatic rings. The third-order valence-electron chi connectivity index (χ3n) is 3.07. The molecule has 0 amide bonds. The number of hydrogen-bond donors (Lipinski definition) is 2. The Hall–Kier alpha value is -0.830. The first-order chi connectivity index (χ1) is 6.90. The van der Waals surface area contributed by atoms with E-state index in [4.69, 9.17) is 0 Å². The zero-order valence-electron chi connectivity index (χ0n) is 8.84. The van der Waals surface area contributed by atoms with Crippen LogP contribution in [0.5, 0.6) is 0 Å². The Morgan fingerprint density at radius 2 is 2.29 bits per heavy atom. The fourth-order valence-electron chi connectivity index (χ4n) is 2.20. The molecule has 1 fully saturated rings. The SMILES string of the molecule is CNCCc1cc(C2CCCC2)n[nH]1. The molecule has 0 aliphatic heterocycles. The second-order valence-electron chi connectivity index (χ2n) is 4.15. The van der Waals surface area contributed by atoms with Crippen molar-refractivity contribution < 1.29 is 0 Å². The van der Waals surface area contributed by atoms with Gasteiger partial charge in [0.15, 0.2) is 0 Å². The average molecular weight is 193 g/mol. The fourth-order valence-corrected chi connectivity index (χ4v) is 2.20. The Morgan fingerprint density at radius 3 is 3.00 bits per heavy atom. The smallest absolute Gasteiger partial charge is 0.0655 e. The molecule has 0 atom stereocenters. The number of nitrogens with one attached hydrogen (secondary N) is 2. The van der Waals surface area contributed by atoms with Gasteiger partial charge in [0, 0.05) is 24.6 Å². The lowest BCUT2D eigenvalue weighted by Crippen LogP contribution is -2.10. The minimum Gasteiger partial charge on any atom is -0.319 e. The van der Waals surface area contributed by atoms with Gasteiger partial charge in [0.1, 0.15) is 0 Å². The van der Waals surface area contributed by atoms with E-state index in [1.54, 1.807) is 0 Å². The summed E-state index contributed by atoms with van der Waals surface area (Å²) in [4.78, 5) is 0. The van der Waals surface area contributed by atoms with Gasteiger partial charge in [-0.2, -0.15) is 5.10 Å². The highest BCUT2D eigenvalue weighted by Gasteiger charge is 2.19. The topological polar surface area (TPSA) is 40.7 Å². The van der Waals surface area contributed by atoms with E-state index < -0.39 is 0 Å². The second kappa shape index (κ2) is 4.60. The highest BCUT2D eigenvalue weighted by molar-refractivity contribution is 5.14. The van der Waals surface area contributed by atoms with Crippen LogP contribution in [-0.4, -0.2) is 23.8 Å². The molecule has 0 unspecified atom stereocenters. The maximum Gasteiger partial charge on any atom is 0.0655 e. The summed E-state index contributed by atoms with van der Waals surface area (Å²) in [5.74, 6) is 0.731. The Kier molecular flexibility index (Phi) is 3.19. The first-order valence-corrected chi connectivity index (χ1v) is 5.59. The molecule has 3 heteroatoms. The predicted octanol–water partition coefficient (Wildman–Crippen LogP) is 1.83. The van der Waals surface area contributed by atoms with Crippen LogP contribution in [0.25, 0.3) is 0 Å². The van der Waals surface area contributed by atoms with Crippen molar-refractivity contribution in [3.63, 3.8) is 0 Å². The molecule has 1 saturated carbocycles. The molecule has 1 aliphatic rings. The van der Waals surface area contributed by atoms with Gasteiger partial charge < -0.3 is 5.32 Å². The zero-order valence-corrected chi connectivity index (χ0v) is 8.84. The Bertz CT molecular complexity index is 274. The number of H-pyrrole nitrogens is 1. The number of aromatic amines is 1. The monoisotopic (exact) mass is 193 g/mol. The van der Waals surface area contributed by atoms with Crippen molar-refractivity contribution in [3.8, 4) is 0 Å². The normalized spacial score (nSPS) is 17.8. The van der Waals surface area contributed by atoms with Gasteiger partial charge in [0.2, 0.25) is 0 Å². The molecule has 1 heterocycles. The number of rotatable bonds is 4. The van der Waals surface area contributed by atoms with E-state index in [-0.39, 0.29) is 0 Å². The highest BCUT2D eigenvalue weighted by atomic mass is 15.1. The summed E-state index contributed by atoms with van der Waals surface area (Å²) in [7, 11) is 1.98. The molecule has 2 rings (SSSR count). The van der Waals surface area contributed by atoms with E-state index in [9.17, 15) is 0 Å². The molecule has 1 aromatic heterocycles. The largest absolute Gasteiger partial charge is 0.319 e. The standard InChI is InChI=1S/C11H19N3/c1-12-7-6-10-8-11(14-13-10)9-4-2-3-5-9/h8-9,12H,2-7H2,1H3,(H,13,14). The molecule has 3 nitrogen and oxygen atoms in total. The van der Waals surface area contributed by atoms with Crippen LogP contribution in [0.1, 0.15) is 43.0 Å². The predicted molar refractivity (Wildman–Crippen MR) is 57.4 cm³/mol. The van der Waals surface area contributed by atoms with E-state index in [0.29, 0.717) is 0 Å². The molecular formula is C11H19N3. The Morgan fingerprint density at radius 1 is 1.50 bits per heavy atom. The van der Waals surface area contributed by atoms with Gasteiger partial charge in [0.25, 0.3) is 0 Å². The minimum absolute atomic E-state index is 0.731. The van der Waals surface area contributed by atoms with Crippen LogP contribution in [0.15, 0.2) is 6.07 Å². The van der Waals surface area contributed by atoms with Crippen molar-refractivity contribution in [1.82, 2.24) is 15.5 Å². The average Bonchev–Trinajstić information content (AvgIpc) is 2.85. The van der Waals surface area contributed by atoms with Gasteiger partial charge in [0.05, 0.1) is 5.69 Å². The van der Waals surface area contributed by atoms with Crippen LogP contribution in [0.3, 0.4) is 0 Å². The first kappa shape index (κ1) is 9.71. The number of hydrogen-bond acceptors (Lipinski definition) is 2. The molecule has 2 N–H and O–H groups in total. The summed E-state index contributed by atoms with van der Waals surface area (Å²) in [5.41, 5.74) is 2.55. The molecule has 0 spiro atoms. The quantitative estimate of drug-likeness (QED) is 0.766. The summed E-state index contributed by atoms with van der Waals surface area (Å²) < 4.78 is 0. The first-order valence-electron chi connectivity index (χ1n) is 5.59. The van der Waals surface area contributed by atoms with E-state index in [0.717, 1.165) is 18.9 Å². The molecule has 0 aromatic carbocycles. The van der Waals surface area contributed by atoms with Crippen molar-refractivity contribution in [3.05, 3.63) is 17.5 Å². The van der Waals surface area contributed by atoms with Gasteiger partial charge in [-0.3, -0.25) is 5.10 Å². The lowest BCUT2D eigenvalue weighted by molar-refractivity contribution is 0.692. The van der Waals surface area contributed by atoms with E-state index >= 15 is 0 Å². The van der Waals surface area contributed by atoms with Gasteiger partial charge in [-0.1, -0.05) is 12.8 Å². The molecule has 0 radical (unpaired) electrons. The molecule has 14 heavy (non-hydrogen) atoms. The van der Waals surface area contributed by atoms with Crippen molar-refractivity contribution in [2.75, 3.05) is 13.6 Å². The number of nitrogens with zero attached hydrogens (tertiary/aromatic N) is 1. The summed E-state index contributed by atoms with van der Waals surface area (Å²) in [6.07, 6.45) is 6.47. The van der Waals surface area contributed by atoms with Crippen molar-refractivity contribution in [2.24, 2.45) is 0 Å². The molecule has 1 aliphatic carbocycles. The van der Waals surface area contributed by atoms with Crippen LogP contribution in [-0.2, 0) is 6.42 Å². The lowest BCUT2D eigenvalue weighted by Gasteiger charge is -2.02. The van der Waals surface area contributed by atoms with Gasteiger partial charge >= 0.3 is 0 Å². The van der Waals surface area contributed by atoms with Gasteiger partial charge in [-0.05, 0) is 26.0 Å². The lowest BCUT2D eigenvalue weighted by atomic mass is 10.0. The highest BCUT2D eigenvalue weighted by Crippen LogP contribution is 2.32. The van der Waals surface area contributed by atoms with E-state index in [2.05, 4.69) is 21.6 Å². The summed E-state index contributed by atoms with van der Waals surface area (Å²) in [6, 6.07) is 2.24. The molecule has 0 bridgehead atoms. The van der Waals surface area contributed by atoms with Crippen LogP contribution in [0.4, 0.5) is 0 Å². The third-order valence-corrected chi connectivity index (χ3v) is 3.07. The van der Waals surface area contributed by atoms with Crippen LogP contribution in [0.2, 0.25) is 0 Å². The molecule has 0 saturated heterocycles. The number of likely N-dealkylation sites (N-methyl/N-ethyl adjacent to an activating group) is 1. The second-order valence-corrected chi connectivity index (χ2v) is 4.15. The van der Waals surface area contributed by atoms with Crippen LogP contribution >= 0.6 is 0 Å². The van der Waals surface area contributed by atoms with E-state index in [1.165, 1.54) is 37.1 Å². The maximum absolute atomic E-state index is 4.40. The molecular weight excluding hydrogens is 174 g/mol. The van der Waals surface area contributed by atoms with Crippen molar-refractivity contribution >= 4 is 0 Å². The third kappa shape index (κ3) is 2.15. The zero-order chi connectivity index (χ0) is 9.80. The van der Waals surface area contributed by atoms with Crippen LogP contribution in [0, 0.1) is 0 Å². The summed E-state index contributed by atoms with van der Waals surface area (Å²) >= 11 is 0. The summed E-state index contributed by atoms with van der Waals surface area (Å²) in [5, 5.41) is 10.7. The van der Waals surface area contributed by atoms with Gasteiger partial charge in [-0.25, -0.2) is 0 Å². The van der Waals surface area contributed by atoms with Crippen molar-refractivity contribution in [2.45, 2.75) is 38.0 Å². The Labute approximate surface area is 85.3 Å².